The van der Waals surface area contributed by atoms with Gasteiger partial charge in [-0.15, -0.1) is 0 Å². The fourth-order valence-corrected chi connectivity index (χ4v) is 22.0. The Morgan fingerprint density at radius 2 is 0.704 bits per heavy atom. The van der Waals surface area contributed by atoms with Gasteiger partial charge in [0.1, 0.15) is 162 Å². The van der Waals surface area contributed by atoms with Crippen molar-refractivity contribution in [2.24, 2.45) is 28.7 Å². The van der Waals surface area contributed by atoms with E-state index in [-0.39, 0.29) is 43.4 Å². The molecule has 15 aromatic rings. The van der Waals surface area contributed by atoms with Crippen LogP contribution in [0, 0.1) is 34.6 Å². The Morgan fingerprint density at radius 1 is 0.352 bits per heavy atom. The first-order valence-corrected chi connectivity index (χ1v) is 49.5. The number of rotatable bonds is 21. The Bertz CT molecular complexity index is 6890. The van der Waals surface area contributed by atoms with Crippen LogP contribution in [-0.2, 0) is 25.8 Å². The quantitative estimate of drug-likeness (QED) is 0.0318. The highest BCUT2D eigenvalue weighted by Crippen LogP contribution is 2.48. The topological polar surface area (TPSA) is 503 Å². The zero-order valence-electron chi connectivity index (χ0n) is 78.6. The second-order valence-electron chi connectivity index (χ2n) is 37.4. The maximum absolute atomic E-state index is 10.7. The first-order valence-electron chi connectivity index (χ1n) is 47.6. The van der Waals surface area contributed by atoms with Gasteiger partial charge in [0.2, 0.25) is 0 Å². The molecule has 142 heavy (non-hydrogen) atoms. The molecule has 10 heterocycles. The van der Waals surface area contributed by atoms with Gasteiger partial charge in [0.25, 0.3) is 0 Å². The molecule has 20 N–H and O–H groups in total. The van der Waals surface area contributed by atoms with E-state index in [1.54, 1.807) is 48.9 Å². The Kier molecular flexibility index (Phi) is 30.7. The number of fused-ring (bicyclic) bond motifs is 7. The van der Waals surface area contributed by atoms with Gasteiger partial charge < -0.3 is 131 Å². The largest absolute Gasteiger partial charge is 0.488 e. The van der Waals surface area contributed by atoms with Crippen molar-refractivity contribution in [3.05, 3.63) is 276 Å². The van der Waals surface area contributed by atoms with Gasteiger partial charge in [-0.05, 0) is 198 Å². The summed E-state index contributed by atoms with van der Waals surface area (Å²) in [6.45, 7) is 11.1. The molecule has 7 aliphatic carbocycles. The van der Waals surface area contributed by atoms with Crippen molar-refractivity contribution in [2.75, 3.05) is 19.7 Å². The highest BCUT2D eigenvalue weighted by molar-refractivity contribution is 6.43. The predicted octanol–water partition coefficient (Wildman–Crippen LogP) is 12.5. The lowest BCUT2D eigenvalue weighted by atomic mass is 10.1. The molecule has 0 saturated heterocycles. The smallest absolute Gasteiger partial charge is 0.163 e. The molecule has 10 aromatic heterocycles. The Morgan fingerprint density at radius 3 is 1.08 bits per heavy atom. The van der Waals surface area contributed by atoms with Crippen LogP contribution >= 0.6 is 58.0 Å². The highest BCUT2D eigenvalue weighted by Gasteiger charge is 2.50. The molecule has 5 aromatic carbocycles. The summed E-state index contributed by atoms with van der Waals surface area (Å²) in [4.78, 5) is 30.5. The van der Waals surface area contributed by atoms with E-state index >= 15 is 0 Å². The van der Waals surface area contributed by atoms with Crippen molar-refractivity contribution in [1.29, 1.82) is 0 Å². The number of aryl methyl sites for hydroxylation is 7. The van der Waals surface area contributed by atoms with Crippen LogP contribution in [0.15, 0.2) is 190 Å². The summed E-state index contributed by atoms with van der Waals surface area (Å²) in [5, 5.41) is 114. The summed E-state index contributed by atoms with van der Waals surface area (Å²) in [6, 6.07) is 37.5. The van der Waals surface area contributed by atoms with Crippen molar-refractivity contribution < 1.29 is 79.5 Å². The summed E-state index contributed by atoms with van der Waals surface area (Å²) in [5.41, 5.74) is 44.4. The Hall–Kier alpha value is -10.9. The number of aliphatic hydroxyl groups excluding tert-OH is 10. The number of pyridine rings is 3. The van der Waals surface area contributed by atoms with E-state index in [0.29, 0.717) is 117 Å². The SMILES string of the molecule is Cc1ccnc2c1ccn2C1CC(Oc2ccc(Cl)cc2CCN)[C@@H](O)[C@H]1O.Cc1ccnc2c1ccn2C1CC(Oc2cccc3c2C(N)CC3)[C@@H](O)[C@H]1O.Cc1ccnc2c1ccn2C1CC(Oc2cccc3c2[C@@H](N)CC3)[C@@H](O)[C@H]1O.Cc1ncnc2c1ccn2C1CC(Oc2cc(Cl)c(Cl)cc2OCCN)[C@@H](O)[C@H]1O.Cc1ncnc2c1ccn2C1CC(Oc2ccc(Cl)c(Cl)c2CN)[C@@H](O)[C@H]1O. The minimum Gasteiger partial charge on any atom is -0.488 e. The number of nitrogens with zero attached hydrogens (tertiary/aromatic N) is 12. The van der Waals surface area contributed by atoms with Crippen LogP contribution in [0.5, 0.6) is 34.5 Å². The van der Waals surface area contributed by atoms with Crippen LogP contribution in [0.3, 0.4) is 0 Å². The fourth-order valence-electron chi connectivity index (χ4n) is 21.1. The average molecular weight is 2040 g/mol. The molecule has 748 valence electrons. The molecule has 0 bridgehead atoms. The molecule has 11 unspecified atom stereocenters. The van der Waals surface area contributed by atoms with Crippen LogP contribution in [0.25, 0.3) is 55.2 Å². The molecule has 7 aliphatic rings. The van der Waals surface area contributed by atoms with E-state index in [9.17, 15) is 51.1 Å². The van der Waals surface area contributed by atoms with Gasteiger partial charge in [0, 0.05) is 168 Å². The average Bonchev–Trinajstić information content (AvgIpc) is 2.11. The van der Waals surface area contributed by atoms with Crippen LogP contribution in [-0.4, -0.2) is 220 Å². The van der Waals surface area contributed by atoms with Gasteiger partial charge in [-0.2, -0.15) is 0 Å². The van der Waals surface area contributed by atoms with E-state index in [2.05, 4.69) is 47.0 Å². The third-order valence-electron chi connectivity index (χ3n) is 28.7. The first kappa shape index (κ1) is 101. The van der Waals surface area contributed by atoms with Gasteiger partial charge in [-0.1, -0.05) is 82.3 Å². The maximum Gasteiger partial charge on any atom is 0.163 e. The van der Waals surface area contributed by atoms with E-state index in [1.165, 1.54) is 29.8 Å². The Labute approximate surface area is 843 Å². The number of aliphatic hydroxyl groups is 10. The molecule has 5 saturated carbocycles. The molecule has 0 aliphatic heterocycles. The number of aromatic nitrogens is 12. The molecule has 5 fully saturated rings. The molecule has 0 amide bonds. The third kappa shape index (κ3) is 20.0. The molecule has 33 nitrogen and oxygen atoms in total. The van der Waals surface area contributed by atoms with Crippen molar-refractivity contribution >= 4 is 113 Å². The standard InChI is InChI=1S/2C22H25N3O3.C21H24ClN3O3.C20H22Cl2N4O4.C19H20Cl2N4O3/c2*1-12-7-9-24-22-14(12)8-10-25(22)16-11-18(21(27)20(16)26)28-17-4-2-3-13-5-6-15(23)19(13)17;1-12-5-8-24-21-15(12)6-9-25(21)16-11-18(20(27)19(16)26)28-17-3-2-14(22)10-13(17)4-7-23;1-10-11-2-4-26(20(11)25-9-24-10)14-8-17(19(28)18(14)27)30-16-7-13(22)12(21)6-15(16)29-5-3-23;1-9-10-4-5-25(19(10)24-8-23-9)13-6-15(18(27)17(13)26)28-14-3-2-12(20)16(21)11(14)7-22/h2*2-4,7-10,15-16,18,20-21,26-27H,5-6,11,23H2,1H3;2-3,5-6,8-10,16,18-20,26-27H,4,7,11,23H2,1H3;2,4,6-7,9,14,17-19,27-28H,3,5,8,23H2,1H3;2-5,8,13,15,17-18,26-27H,6-7,22H2,1H3/t15?,16?,18?,20-,21+;15-,16?,18?,20-,21+;16?,18?,19-,20+;14?,17?,18-,19+;13?,15?,17-,18+/m00000/s1. The summed E-state index contributed by atoms with van der Waals surface area (Å²) < 4.78 is 45.7. The molecule has 38 heteroatoms. The van der Waals surface area contributed by atoms with Gasteiger partial charge in [-0.25, -0.2) is 34.9 Å². The van der Waals surface area contributed by atoms with Crippen LogP contribution in [0.4, 0.5) is 0 Å². The van der Waals surface area contributed by atoms with E-state index in [1.807, 2.05) is 167 Å². The summed E-state index contributed by atoms with van der Waals surface area (Å²) in [5.74, 6) is 3.24. The summed E-state index contributed by atoms with van der Waals surface area (Å²) in [7, 11) is 0. The van der Waals surface area contributed by atoms with Crippen molar-refractivity contribution in [1.82, 2.24) is 57.7 Å². The number of nitrogens with two attached hydrogens (primary N) is 5. The minimum absolute atomic E-state index is 0.0361. The molecule has 22 rings (SSSR count). The number of benzene rings is 5. The molecular weight excluding hydrogens is 1920 g/mol. The molecular formula is C104H116Cl5N17O16. The van der Waals surface area contributed by atoms with Gasteiger partial charge in [0.15, 0.2) is 11.5 Å². The predicted molar refractivity (Wildman–Crippen MR) is 541 cm³/mol. The normalized spacial score (nSPS) is 26.4. The second kappa shape index (κ2) is 43.2. The second-order valence-corrected chi connectivity index (χ2v) is 39.5. The number of hydrogen-bond acceptors (Lipinski definition) is 28. The number of ether oxygens (including phenoxy) is 6. The van der Waals surface area contributed by atoms with Gasteiger partial charge in [0.05, 0.1) is 61.7 Å². The minimum atomic E-state index is -1.12. The maximum atomic E-state index is 10.7. The molecule has 0 radical (unpaired) electrons. The summed E-state index contributed by atoms with van der Waals surface area (Å²) >= 11 is 30.6. The van der Waals surface area contributed by atoms with Crippen molar-refractivity contribution in [2.45, 2.75) is 239 Å². The Balaban J connectivity index is 0.000000117. The van der Waals surface area contributed by atoms with Crippen LogP contribution in [0.2, 0.25) is 25.1 Å². The first-order chi connectivity index (χ1) is 68.4. The number of hydrogen-bond donors (Lipinski definition) is 15. The lowest BCUT2D eigenvalue weighted by Gasteiger charge is -2.21. The molecule has 0 spiro atoms. The summed E-state index contributed by atoms with van der Waals surface area (Å²) in [6.07, 6.45) is 11.4. The zero-order chi connectivity index (χ0) is 100. The monoisotopic (exact) mass is 2030 g/mol. The number of halogens is 5. The van der Waals surface area contributed by atoms with Gasteiger partial charge >= 0.3 is 0 Å². The molecule has 22 atom stereocenters. The third-order valence-corrected chi connectivity index (χ3v) is 30.5. The van der Waals surface area contributed by atoms with E-state index < -0.39 is 104 Å². The van der Waals surface area contributed by atoms with E-state index in [0.717, 1.165) is 126 Å². The van der Waals surface area contributed by atoms with Gasteiger partial charge in [-0.3, -0.25) is 0 Å². The lowest BCUT2D eigenvalue weighted by Crippen LogP contribution is -2.34. The van der Waals surface area contributed by atoms with Crippen LogP contribution < -0.4 is 57.1 Å². The highest BCUT2D eigenvalue weighted by atomic mass is 35.5. The van der Waals surface area contributed by atoms with E-state index in [4.69, 9.17) is 115 Å². The fraction of sp³-hybridized carbons (Fsp3) is 0.394. The van der Waals surface area contributed by atoms with Crippen molar-refractivity contribution in [3.8, 4) is 34.5 Å². The van der Waals surface area contributed by atoms with Crippen molar-refractivity contribution in [3.63, 3.8) is 0 Å². The lowest BCUT2D eigenvalue weighted by molar-refractivity contribution is -0.0170. The zero-order valence-corrected chi connectivity index (χ0v) is 82.3. The van der Waals surface area contributed by atoms with Crippen LogP contribution in [0.1, 0.15) is 149 Å².